The number of anilines is 1. The highest BCUT2D eigenvalue weighted by Gasteiger charge is 2.10. The number of nitrogens with two attached hydrogens (primary N) is 1. The molecule has 78 valence electrons. The lowest BCUT2D eigenvalue weighted by atomic mass is 10.2. The average Bonchev–Trinajstić information content (AvgIpc) is 2.16. The number of carbonyl (C=O) groups is 1. The molecule has 0 unspecified atom stereocenters. The number of methoxy groups -OCH3 is 1. The van der Waals surface area contributed by atoms with Crippen LogP contribution in [0, 0.1) is 3.57 Å². The Morgan fingerprint density at radius 3 is 2.71 bits per heavy atom. The summed E-state index contributed by atoms with van der Waals surface area (Å²) in [4.78, 5) is 11.2. The summed E-state index contributed by atoms with van der Waals surface area (Å²) in [6.07, 6.45) is 0. The normalized spacial score (nSPS) is 8.79. The monoisotopic (exact) mass is 328 g/mol. The smallest absolute Gasteiger partial charge is 0.340 e. The minimum atomic E-state index is -0.397. The molecule has 0 amide bonds. The number of halogens is 2. The molecule has 0 fully saturated rings. The third-order valence-corrected chi connectivity index (χ3v) is 2.21. The highest BCUT2D eigenvalue weighted by atomic mass is 127. The maximum absolute atomic E-state index is 11.2. The summed E-state index contributed by atoms with van der Waals surface area (Å²) in [5, 5.41) is 0. The minimum Gasteiger partial charge on any atom is -0.465 e. The molecule has 1 rings (SSSR count). The lowest BCUT2D eigenvalue weighted by molar-refractivity contribution is 0.0601. The van der Waals surface area contributed by atoms with E-state index in [0.717, 1.165) is 3.57 Å². The van der Waals surface area contributed by atoms with Crippen molar-refractivity contribution in [3.05, 3.63) is 27.3 Å². The maximum Gasteiger partial charge on any atom is 0.340 e. The number of ether oxygens (including phenoxy) is 1. The lowest BCUT2D eigenvalue weighted by Gasteiger charge is -2.06. The Morgan fingerprint density at radius 2 is 2.21 bits per heavy atom. The predicted octanol–water partition coefficient (Wildman–Crippen LogP) is 1.79. The molecule has 0 aliphatic rings. The number of benzene rings is 1. The minimum absolute atomic E-state index is 0. The summed E-state index contributed by atoms with van der Waals surface area (Å²) in [6, 6.07) is 5.29. The fourth-order valence-electron chi connectivity index (χ4n) is 0.921. The second-order valence-electron chi connectivity index (χ2n) is 2.33. The molecule has 0 atom stereocenters. The number of hydrogen-bond acceptors (Lipinski definition) is 4. The Balaban J connectivity index is 0.00000169. The summed E-state index contributed by atoms with van der Waals surface area (Å²) < 4.78 is 5.55. The zero-order valence-corrected chi connectivity index (χ0v) is 10.4. The highest BCUT2D eigenvalue weighted by Crippen LogP contribution is 2.18. The van der Waals surface area contributed by atoms with E-state index in [1.54, 1.807) is 12.1 Å². The van der Waals surface area contributed by atoms with Crippen LogP contribution in [0.4, 0.5) is 5.69 Å². The lowest BCUT2D eigenvalue weighted by Crippen LogP contribution is -2.13. The molecule has 3 N–H and O–H groups in total. The predicted molar refractivity (Wildman–Crippen MR) is 65.6 cm³/mol. The van der Waals surface area contributed by atoms with Crippen LogP contribution in [0.1, 0.15) is 10.4 Å². The fraction of sp³-hybridized carbons (Fsp3) is 0.125. The Kier molecular flexibility index (Phi) is 5.82. The van der Waals surface area contributed by atoms with E-state index in [0.29, 0.717) is 11.3 Å². The largest absolute Gasteiger partial charge is 0.465 e. The van der Waals surface area contributed by atoms with Gasteiger partial charge in [-0.05, 0) is 40.8 Å². The number of rotatable bonds is 2. The van der Waals surface area contributed by atoms with E-state index in [-0.39, 0.29) is 12.4 Å². The average molecular weight is 329 g/mol. The number of carbonyl (C=O) groups excluding carboxylic acids is 1. The van der Waals surface area contributed by atoms with Gasteiger partial charge in [-0.2, -0.15) is 0 Å². The van der Waals surface area contributed by atoms with Crippen molar-refractivity contribution >= 4 is 46.7 Å². The first-order chi connectivity index (χ1) is 6.19. The fourth-order valence-corrected chi connectivity index (χ4v) is 1.41. The van der Waals surface area contributed by atoms with E-state index < -0.39 is 5.97 Å². The molecular weight excluding hydrogens is 318 g/mol. The van der Waals surface area contributed by atoms with Gasteiger partial charge in [-0.15, -0.1) is 12.4 Å². The molecule has 0 aliphatic carbocycles. The molecule has 0 radical (unpaired) electrons. The topological polar surface area (TPSA) is 64.3 Å². The third-order valence-electron chi connectivity index (χ3n) is 1.54. The third kappa shape index (κ3) is 3.00. The summed E-state index contributed by atoms with van der Waals surface area (Å²) in [5.74, 6) is 4.84. The van der Waals surface area contributed by atoms with Crippen LogP contribution in [-0.4, -0.2) is 13.1 Å². The quantitative estimate of drug-likeness (QED) is 0.376. The number of nitrogen functional groups attached to an aromatic ring is 1. The number of hydrazine groups is 1. The second-order valence-corrected chi connectivity index (χ2v) is 3.57. The molecule has 0 saturated heterocycles. The zero-order chi connectivity index (χ0) is 9.84. The van der Waals surface area contributed by atoms with Crippen LogP contribution in [-0.2, 0) is 4.74 Å². The highest BCUT2D eigenvalue weighted by molar-refractivity contribution is 14.1. The Morgan fingerprint density at radius 1 is 1.57 bits per heavy atom. The van der Waals surface area contributed by atoms with Crippen LogP contribution in [0.15, 0.2) is 18.2 Å². The number of nitrogens with one attached hydrogen (secondary N) is 1. The van der Waals surface area contributed by atoms with Crippen LogP contribution in [0.5, 0.6) is 0 Å². The van der Waals surface area contributed by atoms with Crippen molar-refractivity contribution in [1.29, 1.82) is 0 Å². The van der Waals surface area contributed by atoms with Crippen molar-refractivity contribution in [2.75, 3.05) is 12.5 Å². The van der Waals surface area contributed by atoms with Gasteiger partial charge in [0.05, 0.1) is 18.4 Å². The standard InChI is InChI=1S/C8H9IN2O2.ClH/c1-13-8(12)6-4-5(9)2-3-7(6)11-10;/h2-4,11H,10H2,1H3;1H. The molecular formula is C8H10ClIN2O2. The van der Waals surface area contributed by atoms with Crippen molar-refractivity contribution in [2.45, 2.75) is 0 Å². The Labute approximate surface area is 102 Å². The summed E-state index contributed by atoms with van der Waals surface area (Å²) >= 11 is 2.11. The molecule has 14 heavy (non-hydrogen) atoms. The van der Waals surface area contributed by atoms with Crippen LogP contribution >= 0.6 is 35.0 Å². The molecule has 1 aromatic rings. The van der Waals surface area contributed by atoms with E-state index in [2.05, 4.69) is 32.8 Å². The summed E-state index contributed by atoms with van der Waals surface area (Å²) in [5.41, 5.74) is 3.44. The van der Waals surface area contributed by atoms with Gasteiger partial charge in [0, 0.05) is 3.57 Å². The molecule has 0 heterocycles. The second kappa shape index (κ2) is 6.05. The number of hydrogen-bond donors (Lipinski definition) is 2. The molecule has 0 bridgehead atoms. The molecule has 0 aromatic heterocycles. The molecule has 4 nitrogen and oxygen atoms in total. The Hall–Kier alpha value is -0.530. The van der Waals surface area contributed by atoms with Gasteiger partial charge >= 0.3 is 5.97 Å². The van der Waals surface area contributed by atoms with Crippen molar-refractivity contribution in [2.24, 2.45) is 5.84 Å². The van der Waals surface area contributed by atoms with Crippen molar-refractivity contribution in [1.82, 2.24) is 0 Å². The maximum atomic E-state index is 11.2. The van der Waals surface area contributed by atoms with Gasteiger partial charge in [-0.1, -0.05) is 0 Å². The van der Waals surface area contributed by atoms with Gasteiger partial charge in [0.25, 0.3) is 0 Å². The van der Waals surface area contributed by atoms with Crippen LogP contribution in [0.25, 0.3) is 0 Å². The van der Waals surface area contributed by atoms with E-state index in [9.17, 15) is 4.79 Å². The van der Waals surface area contributed by atoms with Crippen molar-refractivity contribution < 1.29 is 9.53 Å². The van der Waals surface area contributed by atoms with Gasteiger partial charge in [-0.3, -0.25) is 5.84 Å². The van der Waals surface area contributed by atoms with Gasteiger partial charge in [0.2, 0.25) is 0 Å². The zero-order valence-electron chi connectivity index (χ0n) is 7.41. The van der Waals surface area contributed by atoms with Crippen molar-refractivity contribution in [3.8, 4) is 0 Å². The molecule has 0 aliphatic heterocycles. The van der Waals surface area contributed by atoms with E-state index in [1.165, 1.54) is 7.11 Å². The molecule has 6 heteroatoms. The Bertz CT molecular complexity index is 333. The van der Waals surface area contributed by atoms with E-state index in [4.69, 9.17) is 5.84 Å². The van der Waals surface area contributed by atoms with Crippen LogP contribution in [0.3, 0.4) is 0 Å². The van der Waals surface area contributed by atoms with E-state index >= 15 is 0 Å². The summed E-state index contributed by atoms with van der Waals surface area (Å²) in [7, 11) is 1.34. The van der Waals surface area contributed by atoms with Gasteiger partial charge < -0.3 is 10.2 Å². The number of esters is 1. The van der Waals surface area contributed by atoms with Gasteiger partial charge in [-0.25, -0.2) is 4.79 Å². The van der Waals surface area contributed by atoms with Crippen LogP contribution in [0.2, 0.25) is 0 Å². The summed E-state index contributed by atoms with van der Waals surface area (Å²) in [6.45, 7) is 0. The van der Waals surface area contributed by atoms with Gasteiger partial charge in [0.1, 0.15) is 0 Å². The van der Waals surface area contributed by atoms with E-state index in [1.807, 2.05) is 6.07 Å². The van der Waals surface area contributed by atoms with Gasteiger partial charge in [0.15, 0.2) is 0 Å². The SMILES string of the molecule is COC(=O)c1cc(I)ccc1NN.Cl. The molecule has 1 aromatic carbocycles. The first-order valence-corrected chi connectivity index (χ1v) is 4.61. The first-order valence-electron chi connectivity index (χ1n) is 3.53. The molecule has 0 saturated carbocycles. The van der Waals surface area contributed by atoms with Crippen LogP contribution < -0.4 is 11.3 Å². The van der Waals surface area contributed by atoms with Crippen molar-refractivity contribution in [3.63, 3.8) is 0 Å². The first kappa shape index (κ1) is 13.5. The molecule has 0 spiro atoms.